The van der Waals surface area contributed by atoms with E-state index in [9.17, 15) is 10.4 Å². The molecule has 0 unspecified atom stereocenters. The van der Waals surface area contributed by atoms with Gasteiger partial charge in [0.05, 0.1) is 66.1 Å². The van der Waals surface area contributed by atoms with Gasteiger partial charge in [0.15, 0.2) is 0 Å². The number of ether oxygens (including phenoxy) is 1. The second kappa shape index (κ2) is 23.3. The van der Waals surface area contributed by atoms with Crippen molar-refractivity contribution >= 4 is 66.7 Å². The van der Waals surface area contributed by atoms with Gasteiger partial charge in [-0.1, -0.05) is 73.1 Å². The van der Waals surface area contributed by atoms with Gasteiger partial charge >= 0.3 is 6.01 Å². The molecule has 3 aliphatic heterocycles. The third-order valence-corrected chi connectivity index (χ3v) is 17.6. The zero-order chi connectivity index (χ0) is 53.8. The van der Waals surface area contributed by atoms with E-state index in [0.717, 1.165) is 69.3 Å². The highest BCUT2D eigenvalue weighted by molar-refractivity contribution is 7.93. The van der Waals surface area contributed by atoms with Gasteiger partial charge in [-0.2, -0.15) is 29.5 Å². The van der Waals surface area contributed by atoms with E-state index in [-0.39, 0.29) is 63.0 Å². The maximum Gasteiger partial charge on any atom is 0.318 e. The Morgan fingerprint density at radius 2 is 1.81 bits per heavy atom. The van der Waals surface area contributed by atoms with Crippen LogP contribution in [0.1, 0.15) is 69.3 Å². The van der Waals surface area contributed by atoms with Crippen LogP contribution < -0.4 is 24.8 Å². The summed E-state index contributed by atoms with van der Waals surface area (Å²) in [5.74, 6) is 1.24. The van der Waals surface area contributed by atoms with E-state index in [1.807, 2.05) is 115 Å². The lowest BCUT2D eigenvalue weighted by molar-refractivity contribution is 0.187. The minimum absolute atomic E-state index is 0.00293. The number of halogens is 2. The zero-order valence-electron chi connectivity index (χ0n) is 43.9. The second-order valence-corrected chi connectivity index (χ2v) is 22.7. The summed E-state index contributed by atoms with van der Waals surface area (Å²) in [5, 5.41) is 28.0. The normalized spacial score (nSPS) is 18.0. The van der Waals surface area contributed by atoms with Gasteiger partial charge in [-0.3, -0.25) is 4.98 Å². The molecule has 3 aliphatic rings. The molecule has 77 heavy (non-hydrogen) atoms. The molecule has 2 saturated heterocycles. The fraction of sp³-hybridized carbons (Fsp3) is 0.404. The average Bonchev–Trinajstić information content (AvgIpc) is 4.11. The molecule has 7 aromatic rings. The number of pyridine rings is 1. The molecule has 0 bridgehead atoms. The lowest BCUT2D eigenvalue weighted by Gasteiger charge is -2.42. The molecule has 0 aliphatic carbocycles. The number of fused-ring (bicyclic) bond motifs is 3. The van der Waals surface area contributed by atoms with Crippen molar-refractivity contribution in [1.82, 2.24) is 38.7 Å². The minimum Gasteiger partial charge on any atom is -0.462 e. The van der Waals surface area contributed by atoms with Gasteiger partial charge in [0.2, 0.25) is 16.0 Å². The van der Waals surface area contributed by atoms with E-state index in [2.05, 4.69) is 39.3 Å². The molecule has 17 nitrogen and oxygen atoms in total. The number of anilines is 4. The van der Waals surface area contributed by atoms with E-state index < -0.39 is 33.6 Å². The van der Waals surface area contributed by atoms with Crippen LogP contribution in [-0.2, 0) is 29.5 Å². The number of piperazine rings is 1. The Labute approximate surface area is 454 Å². The third-order valence-electron chi connectivity index (χ3n) is 15.3. The fourth-order valence-corrected chi connectivity index (χ4v) is 12.8. The Kier molecular flexibility index (Phi) is 16.2. The van der Waals surface area contributed by atoms with Crippen molar-refractivity contribution in [2.24, 2.45) is 0 Å². The maximum absolute atomic E-state index is 15.7. The summed E-state index contributed by atoms with van der Waals surface area (Å²) < 4.78 is 55.4. The molecule has 2 fully saturated rings. The SMILES string of the molecule is CC[C@H](CO)N(C/C(=C/F)S(=O)(=O)N1CCN(c2nc(OC[C@@H]3CCCN3C)nc3c2CCN(c2cccc4cccc(Cl)c24)C3)C[C@@H]1CC#N)c1nc(NCc2ccc(-c3ccccn3)cc2)c2ccn(C(C)C)c2n1. The quantitative estimate of drug-likeness (QED) is 0.0781. The van der Waals surface area contributed by atoms with Crippen LogP contribution in [0.25, 0.3) is 33.1 Å². The van der Waals surface area contributed by atoms with Crippen molar-refractivity contribution in [3.05, 3.63) is 130 Å². The molecule has 0 amide bonds. The summed E-state index contributed by atoms with van der Waals surface area (Å²) in [6, 6.07) is 28.9. The van der Waals surface area contributed by atoms with Crippen molar-refractivity contribution in [2.45, 2.75) is 90.1 Å². The molecule has 0 saturated carbocycles. The molecular formula is C57H65ClFN13O4S. The van der Waals surface area contributed by atoms with Crippen molar-refractivity contribution < 1.29 is 22.7 Å². The van der Waals surface area contributed by atoms with E-state index in [1.165, 1.54) is 4.31 Å². The van der Waals surface area contributed by atoms with Crippen LogP contribution in [-0.4, -0.2) is 130 Å². The maximum atomic E-state index is 15.7. The van der Waals surface area contributed by atoms with Crippen molar-refractivity contribution in [1.29, 1.82) is 5.26 Å². The van der Waals surface area contributed by atoms with Crippen LogP contribution in [0.5, 0.6) is 6.01 Å². The second-order valence-electron chi connectivity index (χ2n) is 20.3. The first-order valence-corrected chi connectivity index (χ1v) is 28.3. The number of nitrogens with one attached hydrogen (secondary N) is 1. The van der Waals surface area contributed by atoms with Crippen LogP contribution in [0, 0.1) is 11.3 Å². The van der Waals surface area contributed by atoms with E-state index in [4.69, 9.17) is 36.3 Å². The number of rotatable bonds is 19. The van der Waals surface area contributed by atoms with Gasteiger partial charge in [0.25, 0.3) is 0 Å². The molecule has 2 N–H and O–H groups in total. The topological polar surface area (TPSA) is 185 Å². The number of nitriles is 1. The Hall–Kier alpha value is -6.95. The number of likely N-dealkylation sites (tertiary alicyclic amines) is 1. The van der Waals surface area contributed by atoms with Gasteiger partial charge < -0.3 is 39.3 Å². The Morgan fingerprint density at radius 1 is 0.987 bits per heavy atom. The summed E-state index contributed by atoms with van der Waals surface area (Å²) in [7, 11) is -2.50. The monoisotopic (exact) mass is 1080 g/mol. The van der Waals surface area contributed by atoms with Gasteiger partial charge in [-0.15, -0.1) is 0 Å². The van der Waals surface area contributed by atoms with Crippen molar-refractivity contribution in [2.75, 3.05) is 79.5 Å². The number of hydrogen-bond donors (Lipinski definition) is 2. The number of aliphatic hydroxyl groups excluding tert-OH is 1. The highest BCUT2D eigenvalue weighted by Crippen LogP contribution is 2.39. The van der Waals surface area contributed by atoms with Crippen LogP contribution in [0.4, 0.5) is 27.7 Å². The number of benzene rings is 3. The van der Waals surface area contributed by atoms with E-state index >= 15 is 12.8 Å². The standard InChI is InChI=1S/C57H65ClFN13O4S/c1-5-42(36-73)71(56-64-53(47-23-28-70(38(2)3)55(47)65-56)62-32-39-17-19-40(20-18-39)49-15-6-7-25-61-49)34-45(31-59)77(74,75)72-30-29-69(33-43(72)21-24-60)54-46-22-27-68(51-16-9-12-41-11-8-14-48(58)52(41)51)35-50(46)63-57(66-54)76-37-44-13-10-26-67(44)4/h6-9,11-12,14-20,23,25,28,31,38,42-44,73H,5,10,13,21-22,26-27,29-30,32-37H2,1-4H3,(H,62,64,65)/b45-31-/t42-,43+,44+/m1/s1. The van der Waals surface area contributed by atoms with Gasteiger partial charge in [0, 0.05) is 79.4 Å². The lowest BCUT2D eigenvalue weighted by atomic mass is 10.0. The molecular weight excluding hydrogens is 1020 g/mol. The smallest absolute Gasteiger partial charge is 0.318 e. The Balaban J connectivity index is 0.930. The number of hydrogen-bond acceptors (Lipinski definition) is 15. The number of nitrogens with zero attached hydrogens (tertiary/aromatic N) is 12. The molecule has 7 heterocycles. The van der Waals surface area contributed by atoms with Crippen LogP contribution in [0.3, 0.4) is 0 Å². The molecule has 20 heteroatoms. The van der Waals surface area contributed by atoms with Crippen molar-refractivity contribution in [3.63, 3.8) is 0 Å². The van der Waals surface area contributed by atoms with E-state index in [1.54, 1.807) is 11.1 Å². The first-order chi connectivity index (χ1) is 37.4. The summed E-state index contributed by atoms with van der Waals surface area (Å²) in [6.45, 7) is 8.18. The number of aliphatic hydroxyl groups is 1. The van der Waals surface area contributed by atoms with Gasteiger partial charge in [0.1, 0.15) is 35.1 Å². The minimum atomic E-state index is -4.59. The first kappa shape index (κ1) is 53.4. The Morgan fingerprint density at radius 3 is 2.52 bits per heavy atom. The predicted molar refractivity (Wildman–Crippen MR) is 301 cm³/mol. The highest BCUT2D eigenvalue weighted by atomic mass is 35.5. The number of aromatic nitrogens is 6. The first-order valence-electron chi connectivity index (χ1n) is 26.5. The Bertz CT molecular complexity index is 3400. The third kappa shape index (κ3) is 11.1. The largest absolute Gasteiger partial charge is 0.462 e. The highest BCUT2D eigenvalue weighted by Gasteiger charge is 2.41. The fourth-order valence-electron chi connectivity index (χ4n) is 11.0. The summed E-state index contributed by atoms with van der Waals surface area (Å²) in [5.41, 5.74) is 6.13. The average molecular weight is 1080 g/mol. The number of likely N-dealkylation sites (N-methyl/N-ethyl adjacent to an activating group) is 1. The molecule has 0 radical (unpaired) electrons. The molecule has 3 atom stereocenters. The van der Waals surface area contributed by atoms with Gasteiger partial charge in [-0.25, -0.2) is 12.8 Å². The summed E-state index contributed by atoms with van der Waals surface area (Å²) in [4.78, 5) is 32.1. The number of sulfonamides is 1. The predicted octanol–water partition coefficient (Wildman–Crippen LogP) is 9.14. The molecule has 4 aromatic heterocycles. The summed E-state index contributed by atoms with van der Waals surface area (Å²) in [6.07, 6.45) is 6.67. The molecule has 0 spiro atoms. The zero-order valence-corrected chi connectivity index (χ0v) is 45.5. The molecule has 10 rings (SSSR count). The van der Waals surface area contributed by atoms with Crippen LogP contribution in [0.2, 0.25) is 5.02 Å². The van der Waals surface area contributed by atoms with Crippen LogP contribution >= 0.6 is 11.6 Å². The molecule has 402 valence electrons. The lowest BCUT2D eigenvalue weighted by Crippen LogP contribution is -2.56. The van der Waals surface area contributed by atoms with Crippen molar-refractivity contribution in [3.8, 4) is 23.3 Å². The van der Waals surface area contributed by atoms with Crippen LogP contribution in [0.15, 0.2) is 109 Å². The van der Waals surface area contributed by atoms with E-state index in [0.29, 0.717) is 61.4 Å². The summed E-state index contributed by atoms with van der Waals surface area (Å²) >= 11 is 6.82. The van der Waals surface area contributed by atoms with Gasteiger partial charge in [-0.05, 0) is 94.4 Å². The molecule has 3 aromatic carbocycles.